The van der Waals surface area contributed by atoms with E-state index in [4.69, 9.17) is 9.47 Å². The Balaban J connectivity index is 3.18. The molecule has 1 atom stereocenters. The van der Waals surface area contributed by atoms with E-state index in [1.807, 2.05) is 37.5 Å². The van der Waals surface area contributed by atoms with Crippen molar-refractivity contribution in [3.63, 3.8) is 0 Å². The first-order chi connectivity index (χ1) is 11.9. The molecule has 0 aliphatic rings. The van der Waals surface area contributed by atoms with E-state index < -0.39 is 0 Å². The molecule has 1 heterocycles. The molecule has 1 aromatic rings. The Morgan fingerprint density at radius 1 is 1.36 bits per heavy atom. The minimum atomic E-state index is 0.0957. The van der Waals surface area contributed by atoms with Gasteiger partial charge in [0.1, 0.15) is 11.5 Å². The van der Waals surface area contributed by atoms with E-state index in [-0.39, 0.29) is 5.92 Å². The quantitative estimate of drug-likeness (QED) is 0.373. The summed E-state index contributed by atoms with van der Waals surface area (Å²) in [7, 11) is 3.31. The first-order valence-electron chi connectivity index (χ1n) is 8.27. The average molecular weight is 364 g/mol. The molecule has 1 rings (SSSR count). The second kappa shape index (κ2) is 10.7. The summed E-state index contributed by atoms with van der Waals surface area (Å²) in [6.45, 7) is 12.4. The Morgan fingerprint density at radius 3 is 2.64 bits per heavy atom. The highest BCUT2D eigenvalue weighted by Gasteiger charge is 2.12. The summed E-state index contributed by atoms with van der Waals surface area (Å²) in [4.78, 5) is 9.30. The van der Waals surface area contributed by atoms with Crippen molar-refractivity contribution in [3.05, 3.63) is 47.4 Å². The van der Waals surface area contributed by atoms with Gasteiger partial charge in [-0.05, 0) is 26.8 Å². The van der Waals surface area contributed by atoms with Gasteiger partial charge in [-0.15, -0.1) is 17.9 Å². The normalized spacial score (nSPS) is 14.4. The lowest BCUT2D eigenvalue weighted by molar-refractivity contribution is 0.262. The molecule has 0 radical (unpaired) electrons. The Hall–Kier alpha value is -2.08. The summed E-state index contributed by atoms with van der Waals surface area (Å²) in [6.07, 6.45) is 5.70. The smallest absolute Gasteiger partial charge is 0.183 e. The fourth-order valence-electron chi connectivity index (χ4n) is 1.89. The third-order valence-electron chi connectivity index (χ3n) is 3.46. The Bertz CT molecular complexity index is 645. The summed E-state index contributed by atoms with van der Waals surface area (Å²) in [5.74, 6) is 1.73. The molecule has 1 N–H and O–H groups in total. The molecule has 6 heteroatoms. The number of ether oxygens (including phenoxy) is 2. The van der Waals surface area contributed by atoms with Gasteiger partial charge in [0.25, 0.3) is 0 Å². The van der Waals surface area contributed by atoms with E-state index in [2.05, 4.69) is 35.7 Å². The van der Waals surface area contributed by atoms with Crippen LogP contribution >= 0.6 is 11.3 Å². The van der Waals surface area contributed by atoms with Gasteiger partial charge in [0.2, 0.25) is 0 Å². The number of rotatable bonds is 10. The van der Waals surface area contributed by atoms with Crippen molar-refractivity contribution >= 4 is 22.2 Å². The highest BCUT2D eigenvalue weighted by molar-refractivity contribution is 7.13. The number of nitrogens with one attached hydrogen (secondary N) is 1. The van der Waals surface area contributed by atoms with Crippen LogP contribution in [-0.2, 0) is 9.47 Å². The fraction of sp³-hybridized carbons (Fsp3) is 0.474. The molecule has 1 aromatic heterocycles. The van der Waals surface area contributed by atoms with Gasteiger partial charge in [0.05, 0.1) is 32.2 Å². The zero-order chi connectivity index (χ0) is 18.8. The van der Waals surface area contributed by atoms with Crippen LogP contribution in [0.25, 0.3) is 0 Å². The van der Waals surface area contributed by atoms with Crippen LogP contribution in [0.2, 0.25) is 0 Å². The van der Waals surface area contributed by atoms with Gasteiger partial charge >= 0.3 is 0 Å². The SMILES string of the molecule is C=CC(C)/C(=C\C(=NC/C=C(\C)OC)c1csc(NC(C)C)n1)OC. The van der Waals surface area contributed by atoms with Crippen LogP contribution in [0.5, 0.6) is 0 Å². The molecule has 138 valence electrons. The number of nitrogens with zero attached hydrogens (tertiary/aromatic N) is 2. The first kappa shape index (κ1) is 21.0. The Labute approximate surface area is 155 Å². The summed E-state index contributed by atoms with van der Waals surface area (Å²) >= 11 is 1.57. The molecule has 0 saturated heterocycles. The van der Waals surface area contributed by atoms with Crippen molar-refractivity contribution in [2.45, 2.75) is 33.7 Å². The molecular weight excluding hydrogens is 334 g/mol. The lowest BCUT2D eigenvalue weighted by atomic mass is 10.1. The van der Waals surface area contributed by atoms with E-state index in [0.717, 1.165) is 28.1 Å². The second-order valence-corrected chi connectivity index (χ2v) is 6.72. The molecular formula is C19H29N3O2S. The molecule has 0 aliphatic heterocycles. The number of hydrogen-bond donors (Lipinski definition) is 1. The van der Waals surface area contributed by atoms with Gasteiger partial charge in [0, 0.05) is 23.4 Å². The standard InChI is InChI=1S/C19H29N3O2S/c1-8-14(4)18(24-7)11-16(20-10-9-15(5)23-6)17-12-25-19(22-17)21-13(2)3/h8-9,11-14H,1,10H2,2-7H3,(H,21,22)/b15-9+,18-11+,20-16?. The first-order valence-corrected chi connectivity index (χ1v) is 9.15. The number of thiazole rings is 1. The molecule has 0 amide bonds. The zero-order valence-electron chi connectivity index (χ0n) is 16.0. The largest absolute Gasteiger partial charge is 0.502 e. The van der Waals surface area contributed by atoms with E-state index in [0.29, 0.717) is 12.6 Å². The van der Waals surface area contributed by atoms with Gasteiger partial charge in [-0.3, -0.25) is 4.99 Å². The monoisotopic (exact) mass is 363 g/mol. The van der Waals surface area contributed by atoms with Crippen LogP contribution in [-0.4, -0.2) is 37.5 Å². The van der Waals surface area contributed by atoms with Gasteiger partial charge in [-0.25, -0.2) is 4.98 Å². The molecule has 0 bridgehead atoms. The topological polar surface area (TPSA) is 55.7 Å². The third-order valence-corrected chi connectivity index (χ3v) is 4.23. The predicted octanol–water partition coefficient (Wildman–Crippen LogP) is 4.66. The highest BCUT2D eigenvalue weighted by Crippen LogP contribution is 2.20. The Morgan fingerprint density at radius 2 is 2.08 bits per heavy atom. The lowest BCUT2D eigenvalue weighted by Gasteiger charge is -2.11. The maximum atomic E-state index is 5.50. The molecule has 0 fully saturated rings. The molecule has 1 unspecified atom stereocenters. The van der Waals surface area contributed by atoms with Gasteiger partial charge in [-0.2, -0.15) is 0 Å². The number of hydrogen-bond acceptors (Lipinski definition) is 6. The van der Waals surface area contributed by atoms with Crippen molar-refractivity contribution in [1.82, 2.24) is 4.98 Å². The van der Waals surface area contributed by atoms with Gasteiger partial charge in [-0.1, -0.05) is 13.0 Å². The van der Waals surface area contributed by atoms with E-state index in [1.54, 1.807) is 25.6 Å². The van der Waals surface area contributed by atoms with Gasteiger partial charge in [0.15, 0.2) is 5.13 Å². The van der Waals surface area contributed by atoms with Crippen LogP contribution < -0.4 is 5.32 Å². The summed E-state index contributed by atoms with van der Waals surface area (Å²) in [5, 5.41) is 6.20. The summed E-state index contributed by atoms with van der Waals surface area (Å²) < 4.78 is 10.7. The molecule has 0 saturated carbocycles. The van der Waals surface area contributed by atoms with Crippen molar-refractivity contribution in [3.8, 4) is 0 Å². The van der Waals surface area contributed by atoms with E-state index in [9.17, 15) is 0 Å². The summed E-state index contributed by atoms with van der Waals surface area (Å²) in [5.41, 5.74) is 1.60. The number of allylic oxidation sites excluding steroid dienone is 3. The number of aromatic nitrogens is 1. The molecule has 25 heavy (non-hydrogen) atoms. The lowest BCUT2D eigenvalue weighted by Crippen LogP contribution is -2.10. The molecule has 0 aliphatic carbocycles. The van der Waals surface area contributed by atoms with Gasteiger partial charge < -0.3 is 14.8 Å². The highest BCUT2D eigenvalue weighted by atomic mass is 32.1. The molecule has 5 nitrogen and oxygen atoms in total. The number of anilines is 1. The zero-order valence-corrected chi connectivity index (χ0v) is 16.8. The van der Waals surface area contributed by atoms with Crippen molar-refractivity contribution in [2.24, 2.45) is 10.9 Å². The second-order valence-electron chi connectivity index (χ2n) is 5.86. The maximum absolute atomic E-state index is 5.50. The number of aliphatic imine (C=N–C) groups is 1. The minimum Gasteiger partial charge on any atom is -0.502 e. The Kier molecular flexibility index (Phi) is 8.99. The maximum Gasteiger partial charge on any atom is 0.183 e. The van der Waals surface area contributed by atoms with E-state index >= 15 is 0 Å². The fourth-order valence-corrected chi connectivity index (χ4v) is 2.74. The predicted molar refractivity (Wildman–Crippen MR) is 107 cm³/mol. The van der Waals surface area contributed by atoms with Crippen molar-refractivity contribution in [2.75, 3.05) is 26.1 Å². The van der Waals surface area contributed by atoms with Crippen LogP contribution in [0.4, 0.5) is 5.13 Å². The van der Waals surface area contributed by atoms with Crippen LogP contribution in [0.3, 0.4) is 0 Å². The number of methoxy groups -OCH3 is 2. The van der Waals surface area contributed by atoms with Crippen LogP contribution in [0.1, 0.15) is 33.4 Å². The third kappa shape index (κ3) is 7.13. The van der Waals surface area contributed by atoms with Crippen molar-refractivity contribution < 1.29 is 9.47 Å². The minimum absolute atomic E-state index is 0.0957. The average Bonchev–Trinajstić information content (AvgIpc) is 3.04. The summed E-state index contributed by atoms with van der Waals surface area (Å²) in [6, 6.07) is 0.331. The van der Waals surface area contributed by atoms with E-state index in [1.165, 1.54) is 0 Å². The molecule has 0 aromatic carbocycles. The van der Waals surface area contributed by atoms with Crippen LogP contribution in [0.15, 0.2) is 46.7 Å². The van der Waals surface area contributed by atoms with Crippen molar-refractivity contribution in [1.29, 1.82) is 0 Å². The molecule has 0 spiro atoms. The van der Waals surface area contributed by atoms with Crippen LogP contribution in [0, 0.1) is 5.92 Å².